The van der Waals surface area contributed by atoms with Crippen LogP contribution in [0.2, 0.25) is 0 Å². The van der Waals surface area contributed by atoms with Crippen LogP contribution in [-0.4, -0.2) is 31.4 Å². The number of rotatable bonds is 2. The Bertz CT molecular complexity index is 496. The summed E-state index contributed by atoms with van der Waals surface area (Å²) in [5, 5.41) is 3.23. The van der Waals surface area contributed by atoms with Crippen molar-refractivity contribution in [3.05, 3.63) is 29.8 Å². The van der Waals surface area contributed by atoms with Crippen molar-refractivity contribution in [3.63, 3.8) is 0 Å². The fourth-order valence-corrected chi connectivity index (χ4v) is 2.56. The van der Waals surface area contributed by atoms with E-state index in [2.05, 4.69) is 16.4 Å². The Morgan fingerprint density at radius 3 is 3.00 bits per heavy atom. The van der Waals surface area contributed by atoms with Gasteiger partial charge in [-0.3, -0.25) is 9.79 Å². The van der Waals surface area contributed by atoms with Gasteiger partial charge in [0.25, 0.3) is 0 Å². The highest BCUT2D eigenvalue weighted by Crippen LogP contribution is 2.26. The van der Waals surface area contributed by atoms with Crippen molar-refractivity contribution in [2.45, 2.75) is 19.3 Å². The molecule has 0 spiro atoms. The third-order valence-electron chi connectivity index (χ3n) is 3.47. The number of anilines is 1. The van der Waals surface area contributed by atoms with Gasteiger partial charge in [-0.1, -0.05) is 18.2 Å². The van der Waals surface area contributed by atoms with E-state index in [1.165, 1.54) is 5.56 Å². The number of amides is 1. The number of aliphatic imine (C=N–C) groups is 1. The highest BCUT2D eigenvalue weighted by molar-refractivity contribution is 6.01. The zero-order valence-electron chi connectivity index (χ0n) is 10.4. The molecule has 4 heteroatoms. The van der Waals surface area contributed by atoms with E-state index in [4.69, 9.17) is 0 Å². The van der Waals surface area contributed by atoms with Gasteiger partial charge in [-0.05, 0) is 24.5 Å². The van der Waals surface area contributed by atoms with Crippen LogP contribution in [0.5, 0.6) is 0 Å². The molecular weight excluding hydrogens is 226 g/mol. The van der Waals surface area contributed by atoms with Crippen molar-refractivity contribution in [3.8, 4) is 0 Å². The average Bonchev–Trinajstić information content (AvgIpc) is 2.84. The Hall–Kier alpha value is -1.84. The lowest BCUT2D eigenvalue weighted by Gasteiger charge is -2.23. The number of amidine groups is 1. The molecule has 0 unspecified atom stereocenters. The maximum Gasteiger partial charge on any atom is 0.227 e. The van der Waals surface area contributed by atoms with Crippen LogP contribution < -0.4 is 10.2 Å². The van der Waals surface area contributed by atoms with Crippen LogP contribution in [0.15, 0.2) is 29.3 Å². The van der Waals surface area contributed by atoms with Crippen molar-refractivity contribution < 1.29 is 4.79 Å². The van der Waals surface area contributed by atoms with E-state index in [-0.39, 0.29) is 5.91 Å². The van der Waals surface area contributed by atoms with Crippen molar-refractivity contribution >= 4 is 17.4 Å². The van der Waals surface area contributed by atoms with Gasteiger partial charge in [0.05, 0.1) is 13.1 Å². The summed E-state index contributed by atoms with van der Waals surface area (Å²) >= 11 is 0. The predicted molar refractivity (Wildman–Crippen MR) is 72.0 cm³/mol. The first kappa shape index (κ1) is 11.3. The Morgan fingerprint density at radius 1 is 1.28 bits per heavy atom. The fourth-order valence-electron chi connectivity index (χ4n) is 2.56. The highest BCUT2D eigenvalue weighted by atomic mass is 16.2. The summed E-state index contributed by atoms with van der Waals surface area (Å²) in [4.78, 5) is 18.5. The number of para-hydroxylation sites is 1. The maximum atomic E-state index is 12.2. The molecule has 0 saturated heterocycles. The molecule has 2 aliphatic rings. The summed E-state index contributed by atoms with van der Waals surface area (Å²) in [5.41, 5.74) is 2.32. The molecule has 94 valence electrons. The lowest BCUT2D eigenvalue weighted by atomic mass is 10.1. The van der Waals surface area contributed by atoms with E-state index in [0.29, 0.717) is 13.0 Å². The lowest BCUT2D eigenvalue weighted by Crippen LogP contribution is -2.39. The molecule has 4 nitrogen and oxygen atoms in total. The van der Waals surface area contributed by atoms with Gasteiger partial charge in [-0.25, -0.2) is 0 Å². The average molecular weight is 243 g/mol. The van der Waals surface area contributed by atoms with Gasteiger partial charge in [0.15, 0.2) is 0 Å². The molecular formula is C14H17N3O. The molecule has 0 saturated carbocycles. The number of carbonyl (C=O) groups excluding carboxylic acids is 1. The van der Waals surface area contributed by atoms with Gasteiger partial charge in [0, 0.05) is 18.7 Å². The van der Waals surface area contributed by atoms with E-state index >= 15 is 0 Å². The largest absolute Gasteiger partial charge is 0.370 e. The Labute approximate surface area is 107 Å². The number of carbonyl (C=O) groups is 1. The second-order valence-electron chi connectivity index (χ2n) is 4.72. The van der Waals surface area contributed by atoms with Crippen LogP contribution in [0, 0.1) is 0 Å². The molecule has 1 aromatic rings. The molecule has 3 rings (SSSR count). The van der Waals surface area contributed by atoms with Crippen LogP contribution in [0.3, 0.4) is 0 Å². The second kappa shape index (κ2) is 4.80. The molecule has 2 aliphatic heterocycles. The van der Waals surface area contributed by atoms with E-state index in [1.807, 2.05) is 23.1 Å². The smallest absolute Gasteiger partial charge is 0.227 e. The molecule has 1 N–H and O–H groups in total. The third-order valence-corrected chi connectivity index (χ3v) is 3.47. The molecule has 1 amide bonds. The summed E-state index contributed by atoms with van der Waals surface area (Å²) in [7, 11) is 0. The first-order valence-corrected chi connectivity index (χ1v) is 6.50. The minimum Gasteiger partial charge on any atom is -0.370 e. The summed E-state index contributed by atoms with van der Waals surface area (Å²) in [6, 6.07) is 8.19. The number of hydrogen-bond donors (Lipinski definition) is 1. The van der Waals surface area contributed by atoms with Crippen molar-refractivity contribution in [1.29, 1.82) is 0 Å². The van der Waals surface area contributed by atoms with Crippen molar-refractivity contribution in [2.75, 3.05) is 24.5 Å². The van der Waals surface area contributed by atoms with Crippen LogP contribution in [0.1, 0.15) is 18.4 Å². The molecule has 0 radical (unpaired) electrons. The number of hydrogen-bond acceptors (Lipinski definition) is 3. The van der Waals surface area contributed by atoms with Gasteiger partial charge < -0.3 is 10.2 Å². The van der Waals surface area contributed by atoms with Crippen LogP contribution >= 0.6 is 0 Å². The number of nitrogens with one attached hydrogen (secondary N) is 1. The lowest BCUT2D eigenvalue weighted by molar-refractivity contribution is -0.118. The summed E-state index contributed by atoms with van der Waals surface area (Å²) < 4.78 is 0. The van der Waals surface area contributed by atoms with Gasteiger partial charge in [0.1, 0.15) is 5.84 Å². The first-order valence-electron chi connectivity index (χ1n) is 6.50. The molecule has 0 fully saturated rings. The summed E-state index contributed by atoms with van der Waals surface area (Å²) in [6.07, 6.45) is 2.55. The third kappa shape index (κ3) is 2.10. The van der Waals surface area contributed by atoms with E-state index < -0.39 is 0 Å². The minimum absolute atomic E-state index is 0.205. The Balaban J connectivity index is 1.92. The summed E-state index contributed by atoms with van der Waals surface area (Å²) in [6.45, 7) is 2.29. The molecule has 2 heterocycles. The monoisotopic (exact) mass is 243 g/mol. The zero-order valence-corrected chi connectivity index (χ0v) is 10.4. The van der Waals surface area contributed by atoms with Gasteiger partial charge in [-0.15, -0.1) is 0 Å². The molecule has 18 heavy (non-hydrogen) atoms. The quantitative estimate of drug-likeness (QED) is 0.852. The van der Waals surface area contributed by atoms with E-state index in [1.54, 1.807) is 0 Å². The van der Waals surface area contributed by atoms with Gasteiger partial charge in [0.2, 0.25) is 5.91 Å². The predicted octanol–water partition coefficient (Wildman–Crippen LogP) is 1.36. The van der Waals surface area contributed by atoms with Crippen LogP contribution in [0.25, 0.3) is 0 Å². The summed E-state index contributed by atoms with van der Waals surface area (Å²) in [5.74, 6) is 1.14. The van der Waals surface area contributed by atoms with Gasteiger partial charge >= 0.3 is 0 Å². The SMILES string of the molecule is O=C1CCCc2ccccc2N1CC1=NCCN1. The second-order valence-corrected chi connectivity index (χ2v) is 4.72. The van der Waals surface area contributed by atoms with Crippen molar-refractivity contribution in [1.82, 2.24) is 5.32 Å². The van der Waals surface area contributed by atoms with Crippen LogP contribution in [-0.2, 0) is 11.2 Å². The van der Waals surface area contributed by atoms with Gasteiger partial charge in [-0.2, -0.15) is 0 Å². The number of aryl methyl sites for hydroxylation is 1. The Morgan fingerprint density at radius 2 is 2.17 bits per heavy atom. The maximum absolute atomic E-state index is 12.2. The molecule has 0 aromatic heterocycles. The number of benzene rings is 1. The number of fused-ring (bicyclic) bond motifs is 1. The highest BCUT2D eigenvalue weighted by Gasteiger charge is 2.23. The first-order chi connectivity index (χ1) is 8.84. The minimum atomic E-state index is 0.205. The van der Waals surface area contributed by atoms with E-state index in [9.17, 15) is 4.79 Å². The van der Waals surface area contributed by atoms with Crippen molar-refractivity contribution in [2.24, 2.45) is 4.99 Å². The zero-order chi connectivity index (χ0) is 12.4. The van der Waals surface area contributed by atoms with Crippen LogP contribution in [0.4, 0.5) is 5.69 Å². The molecule has 0 bridgehead atoms. The number of nitrogens with zero attached hydrogens (tertiary/aromatic N) is 2. The molecule has 0 atom stereocenters. The normalized spacial score (nSPS) is 19.0. The topological polar surface area (TPSA) is 44.7 Å². The molecule has 0 aliphatic carbocycles. The molecule has 1 aromatic carbocycles. The Kier molecular flexibility index (Phi) is 3.00. The fraction of sp³-hybridized carbons (Fsp3) is 0.429. The standard InChI is InChI=1S/C14H17N3O/c18-14-7-3-5-11-4-1-2-6-12(11)17(14)10-13-15-8-9-16-13/h1-2,4,6H,3,5,7-10H2,(H,15,16). The van der Waals surface area contributed by atoms with E-state index in [0.717, 1.165) is 37.5 Å².